The van der Waals surface area contributed by atoms with Gasteiger partial charge in [0, 0.05) is 17.6 Å². The molecule has 0 spiro atoms. The number of carbonyl (C=O) groups is 1. The molecular weight excluding hydrogens is 170 g/mol. The first kappa shape index (κ1) is 7.79. The van der Waals surface area contributed by atoms with Gasteiger partial charge in [-0.15, -0.1) is 0 Å². The maximum atomic E-state index is 10.6. The average molecular weight is 177 g/mol. The maximum absolute atomic E-state index is 10.6. The van der Waals surface area contributed by atoms with E-state index in [2.05, 4.69) is 4.98 Å². The molecule has 0 aromatic carbocycles. The quantitative estimate of drug-likeness (QED) is 0.721. The van der Waals surface area contributed by atoms with Crippen molar-refractivity contribution in [2.24, 2.45) is 0 Å². The molecule has 4 heteroatoms. The van der Waals surface area contributed by atoms with Crippen molar-refractivity contribution in [2.75, 3.05) is 0 Å². The third-order valence-corrected chi connectivity index (χ3v) is 1.86. The molecule has 66 valence electrons. The summed E-state index contributed by atoms with van der Waals surface area (Å²) >= 11 is 0. The van der Waals surface area contributed by atoms with Crippen molar-refractivity contribution >= 4 is 17.1 Å². The van der Waals surface area contributed by atoms with Gasteiger partial charge in [-0.2, -0.15) is 0 Å². The Bertz CT molecular complexity index is 473. The molecule has 0 aliphatic heterocycles. The van der Waals surface area contributed by atoms with E-state index in [9.17, 15) is 4.79 Å². The summed E-state index contributed by atoms with van der Waals surface area (Å²) in [6.45, 7) is 1.88. The van der Waals surface area contributed by atoms with Crippen molar-refractivity contribution in [3.8, 4) is 0 Å². The first-order valence-corrected chi connectivity index (χ1v) is 3.77. The minimum Gasteiger partial charge on any atom is -0.475 e. The zero-order valence-corrected chi connectivity index (χ0v) is 6.94. The van der Waals surface area contributed by atoms with Crippen LogP contribution in [0.25, 0.3) is 11.1 Å². The van der Waals surface area contributed by atoms with Crippen LogP contribution in [-0.4, -0.2) is 16.1 Å². The van der Waals surface area contributed by atoms with Crippen molar-refractivity contribution in [1.82, 2.24) is 4.98 Å². The number of aromatic carboxylic acids is 1. The first-order chi connectivity index (χ1) is 6.18. The number of carboxylic acid groups (broad SMARTS) is 1. The summed E-state index contributed by atoms with van der Waals surface area (Å²) in [5.41, 5.74) is 1.33. The van der Waals surface area contributed by atoms with Crippen molar-refractivity contribution in [3.05, 3.63) is 29.7 Å². The summed E-state index contributed by atoms with van der Waals surface area (Å²) < 4.78 is 5.00. The van der Waals surface area contributed by atoms with Crippen LogP contribution >= 0.6 is 0 Å². The minimum absolute atomic E-state index is 0.0724. The summed E-state index contributed by atoms with van der Waals surface area (Å²) in [7, 11) is 0. The Morgan fingerprint density at radius 2 is 2.38 bits per heavy atom. The fourth-order valence-electron chi connectivity index (χ4n) is 1.17. The monoisotopic (exact) mass is 177 g/mol. The molecule has 4 nitrogen and oxygen atoms in total. The van der Waals surface area contributed by atoms with Crippen LogP contribution in [0.3, 0.4) is 0 Å². The second-order valence-corrected chi connectivity index (χ2v) is 2.76. The summed E-state index contributed by atoms with van der Waals surface area (Å²) in [6.07, 6.45) is 1.59. The molecule has 0 saturated carbocycles. The first-order valence-electron chi connectivity index (χ1n) is 3.77. The number of rotatable bonds is 1. The zero-order valence-electron chi connectivity index (χ0n) is 6.94. The third kappa shape index (κ3) is 1.16. The van der Waals surface area contributed by atoms with E-state index in [1.807, 2.05) is 13.0 Å². The van der Waals surface area contributed by atoms with Gasteiger partial charge < -0.3 is 9.52 Å². The third-order valence-electron chi connectivity index (χ3n) is 1.86. The van der Waals surface area contributed by atoms with E-state index in [0.29, 0.717) is 5.71 Å². The van der Waals surface area contributed by atoms with Gasteiger partial charge in [-0.1, -0.05) is 0 Å². The average Bonchev–Trinajstić information content (AvgIpc) is 2.49. The predicted molar refractivity (Wildman–Crippen MR) is 45.7 cm³/mol. The molecule has 0 aliphatic rings. The highest BCUT2D eigenvalue weighted by Crippen LogP contribution is 2.20. The molecule has 13 heavy (non-hydrogen) atoms. The molecule has 2 rings (SSSR count). The summed E-state index contributed by atoms with van der Waals surface area (Å²) in [4.78, 5) is 14.5. The van der Waals surface area contributed by atoms with Gasteiger partial charge in [-0.05, 0) is 18.6 Å². The van der Waals surface area contributed by atoms with E-state index in [0.717, 1.165) is 10.9 Å². The second kappa shape index (κ2) is 2.58. The van der Waals surface area contributed by atoms with Gasteiger partial charge in [0.2, 0.25) is 11.5 Å². The van der Waals surface area contributed by atoms with Gasteiger partial charge in [-0.3, -0.25) is 0 Å². The number of nitrogens with zero attached hydrogens (tertiary/aromatic N) is 1. The number of hydrogen-bond donors (Lipinski definition) is 1. The minimum atomic E-state index is -1.07. The van der Waals surface area contributed by atoms with Crippen LogP contribution < -0.4 is 0 Å². The fraction of sp³-hybridized carbons (Fsp3) is 0.111. The number of aromatic nitrogens is 1. The van der Waals surface area contributed by atoms with Crippen molar-refractivity contribution in [2.45, 2.75) is 6.92 Å². The van der Waals surface area contributed by atoms with Crippen molar-refractivity contribution < 1.29 is 14.3 Å². The molecule has 0 radical (unpaired) electrons. The van der Waals surface area contributed by atoms with Crippen LogP contribution in [0, 0.1) is 6.92 Å². The highest BCUT2D eigenvalue weighted by Gasteiger charge is 2.11. The number of hydrogen-bond acceptors (Lipinski definition) is 3. The fourth-order valence-corrected chi connectivity index (χ4v) is 1.17. The Morgan fingerprint density at radius 3 is 3.00 bits per heavy atom. The van der Waals surface area contributed by atoms with Crippen LogP contribution in [0.15, 0.2) is 22.7 Å². The highest BCUT2D eigenvalue weighted by molar-refractivity contribution is 5.91. The Labute approximate surface area is 73.8 Å². The molecule has 2 heterocycles. The lowest BCUT2D eigenvalue weighted by molar-refractivity contribution is 0.0664. The number of aryl methyl sites for hydroxylation is 1. The van der Waals surface area contributed by atoms with E-state index >= 15 is 0 Å². The number of fused-ring (bicyclic) bond motifs is 1. The highest BCUT2D eigenvalue weighted by atomic mass is 16.4. The van der Waals surface area contributed by atoms with Crippen molar-refractivity contribution in [1.29, 1.82) is 0 Å². The molecule has 0 amide bonds. The van der Waals surface area contributed by atoms with Crippen LogP contribution in [0.1, 0.15) is 16.1 Å². The molecule has 0 fully saturated rings. The van der Waals surface area contributed by atoms with Crippen LogP contribution in [0.5, 0.6) is 0 Å². The lowest BCUT2D eigenvalue weighted by Crippen LogP contribution is -1.91. The lowest BCUT2D eigenvalue weighted by Gasteiger charge is -1.89. The standard InChI is InChI=1S/C9H7NO3/c1-5-2-3-10-8-6(5)4-7(13-8)9(11)12/h2-4H,1H3,(H,11,12). The van der Waals surface area contributed by atoms with Gasteiger partial charge in [0.15, 0.2) is 0 Å². The molecule has 0 aliphatic carbocycles. The molecule has 0 atom stereocenters. The van der Waals surface area contributed by atoms with Gasteiger partial charge >= 0.3 is 5.97 Å². The van der Waals surface area contributed by atoms with Gasteiger partial charge in [-0.25, -0.2) is 9.78 Å². The molecular formula is C9H7NO3. The molecule has 2 aromatic heterocycles. The number of furan rings is 1. The van der Waals surface area contributed by atoms with Crippen LogP contribution in [-0.2, 0) is 0 Å². The zero-order chi connectivity index (χ0) is 9.42. The Kier molecular flexibility index (Phi) is 1.55. The maximum Gasteiger partial charge on any atom is 0.371 e. The number of carboxylic acids is 1. The van der Waals surface area contributed by atoms with E-state index in [-0.39, 0.29) is 5.76 Å². The molecule has 0 unspecified atom stereocenters. The van der Waals surface area contributed by atoms with Crippen LogP contribution in [0.4, 0.5) is 0 Å². The molecule has 2 aromatic rings. The van der Waals surface area contributed by atoms with Gasteiger partial charge in [0.05, 0.1) is 0 Å². The smallest absolute Gasteiger partial charge is 0.371 e. The molecule has 1 N–H and O–H groups in total. The normalized spacial score (nSPS) is 10.5. The SMILES string of the molecule is Cc1ccnc2oc(C(=O)O)cc12. The van der Waals surface area contributed by atoms with E-state index in [1.165, 1.54) is 6.07 Å². The summed E-state index contributed by atoms with van der Waals surface area (Å²) in [5.74, 6) is -1.14. The largest absolute Gasteiger partial charge is 0.475 e. The van der Waals surface area contributed by atoms with E-state index < -0.39 is 5.97 Å². The topological polar surface area (TPSA) is 63.3 Å². The van der Waals surface area contributed by atoms with Gasteiger partial charge in [0.1, 0.15) is 0 Å². The Morgan fingerprint density at radius 1 is 1.62 bits per heavy atom. The Hall–Kier alpha value is -1.84. The Balaban J connectivity index is 2.75. The van der Waals surface area contributed by atoms with Crippen molar-refractivity contribution in [3.63, 3.8) is 0 Å². The van der Waals surface area contributed by atoms with E-state index in [1.54, 1.807) is 6.20 Å². The molecule has 0 saturated heterocycles. The second-order valence-electron chi connectivity index (χ2n) is 2.76. The summed E-state index contributed by atoms with van der Waals surface area (Å²) in [6, 6.07) is 3.30. The van der Waals surface area contributed by atoms with Crippen LogP contribution in [0.2, 0.25) is 0 Å². The number of pyridine rings is 1. The van der Waals surface area contributed by atoms with Gasteiger partial charge in [0.25, 0.3) is 0 Å². The molecule has 0 bridgehead atoms. The summed E-state index contributed by atoms with van der Waals surface area (Å²) in [5, 5.41) is 9.41. The predicted octanol–water partition coefficient (Wildman–Crippen LogP) is 1.83. The van der Waals surface area contributed by atoms with E-state index in [4.69, 9.17) is 9.52 Å². The lowest BCUT2D eigenvalue weighted by atomic mass is 10.2.